The Morgan fingerprint density at radius 3 is 1.47 bits per heavy atom. The van der Waals surface area contributed by atoms with E-state index in [2.05, 4.69) is 95.4 Å². The molecule has 0 N–H and O–H groups in total. The van der Waals surface area contributed by atoms with Crippen LogP contribution in [-0.4, -0.2) is 0 Å². The molecule has 0 aromatic heterocycles. The van der Waals surface area contributed by atoms with Crippen LogP contribution < -0.4 is 0 Å². The van der Waals surface area contributed by atoms with Gasteiger partial charge in [-0.05, 0) is 63.0 Å². The third-order valence-electron chi connectivity index (χ3n) is 3.06. The van der Waals surface area contributed by atoms with Gasteiger partial charge in [-0.15, -0.1) is 0 Å². The van der Waals surface area contributed by atoms with Crippen LogP contribution in [-0.2, 0) is 0 Å². The molecule has 0 atom stereocenters. The molecule has 0 fully saturated rings. The molecule has 2 aliphatic rings. The highest BCUT2D eigenvalue weighted by molar-refractivity contribution is 14.1. The maximum absolute atomic E-state index is 2.32. The lowest BCUT2D eigenvalue weighted by Gasteiger charge is -2.00. The van der Waals surface area contributed by atoms with Gasteiger partial charge in [0.1, 0.15) is 0 Å². The summed E-state index contributed by atoms with van der Waals surface area (Å²) in [5, 5.41) is 0. The lowest BCUT2D eigenvalue weighted by Crippen LogP contribution is -1.76. The summed E-state index contributed by atoms with van der Waals surface area (Å²) in [7, 11) is 0. The van der Waals surface area contributed by atoms with Gasteiger partial charge in [0.25, 0.3) is 0 Å². The predicted molar refractivity (Wildman–Crippen MR) is 90.0 cm³/mol. The van der Waals surface area contributed by atoms with Gasteiger partial charge >= 0.3 is 0 Å². The van der Waals surface area contributed by atoms with Crippen molar-refractivity contribution >= 4 is 22.6 Å². The fraction of sp³-hybridized carbons (Fsp3) is 0. The van der Waals surface area contributed by atoms with E-state index in [-0.39, 0.29) is 0 Å². The summed E-state index contributed by atoms with van der Waals surface area (Å²) in [6, 6.07) is 27.5. The first-order chi connectivity index (χ1) is 9.33. The van der Waals surface area contributed by atoms with Crippen molar-refractivity contribution in [2.75, 3.05) is 0 Å². The molecule has 0 saturated carbocycles. The van der Waals surface area contributed by atoms with Crippen molar-refractivity contribution in [3.05, 3.63) is 82.4 Å². The summed E-state index contributed by atoms with van der Waals surface area (Å²) in [6.45, 7) is 0. The molecule has 19 heavy (non-hydrogen) atoms. The van der Waals surface area contributed by atoms with E-state index in [0.717, 1.165) is 0 Å². The SMILES string of the molecule is Ic1ccc(-c2ccccc2)cc1.c1cc2cc-2c1. The zero-order chi connectivity index (χ0) is 13.1. The van der Waals surface area contributed by atoms with Crippen molar-refractivity contribution in [2.45, 2.75) is 0 Å². The van der Waals surface area contributed by atoms with Crippen molar-refractivity contribution in [3.8, 4) is 22.3 Å². The van der Waals surface area contributed by atoms with Crippen LogP contribution in [0.15, 0.2) is 78.9 Å². The van der Waals surface area contributed by atoms with Gasteiger partial charge in [0.2, 0.25) is 0 Å². The second-order valence-electron chi connectivity index (χ2n) is 4.45. The third kappa shape index (κ3) is 3.24. The molecule has 2 aliphatic carbocycles. The van der Waals surface area contributed by atoms with E-state index in [4.69, 9.17) is 0 Å². The Labute approximate surface area is 127 Å². The minimum atomic E-state index is 1.28. The second-order valence-corrected chi connectivity index (χ2v) is 5.70. The molecular formula is C18H13I. The molecular weight excluding hydrogens is 343 g/mol. The summed E-state index contributed by atoms with van der Waals surface area (Å²) >= 11 is 2.32. The van der Waals surface area contributed by atoms with E-state index in [1.54, 1.807) is 0 Å². The Morgan fingerprint density at radius 1 is 0.474 bits per heavy atom. The Balaban J connectivity index is 0.000000151. The maximum Gasteiger partial charge on any atom is 0.0130 e. The molecule has 0 bridgehead atoms. The quantitative estimate of drug-likeness (QED) is 0.388. The molecule has 92 valence electrons. The number of hydrogen-bond donors (Lipinski definition) is 0. The number of hydrogen-bond acceptors (Lipinski definition) is 0. The van der Waals surface area contributed by atoms with Gasteiger partial charge in [0, 0.05) is 3.57 Å². The average Bonchev–Trinajstić information content (AvgIpc) is 3.07. The summed E-state index contributed by atoms with van der Waals surface area (Å²) < 4.78 is 1.28. The highest BCUT2D eigenvalue weighted by atomic mass is 127. The van der Waals surface area contributed by atoms with E-state index in [1.165, 1.54) is 25.8 Å². The highest BCUT2D eigenvalue weighted by Crippen LogP contribution is 2.32. The van der Waals surface area contributed by atoms with Gasteiger partial charge in [-0.1, -0.05) is 60.7 Å². The van der Waals surface area contributed by atoms with Crippen LogP contribution in [0.3, 0.4) is 0 Å². The van der Waals surface area contributed by atoms with Crippen LogP contribution in [0.5, 0.6) is 0 Å². The highest BCUT2D eigenvalue weighted by Gasteiger charge is 2.06. The fourth-order valence-electron chi connectivity index (χ4n) is 1.95. The lowest BCUT2D eigenvalue weighted by atomic mass is 10.1. The summed E-state index contributed by atoms with van der Waals surface area (Å²) in [5.41, 5.74) is 5.41. The van der Waals surface area contributed by atoms with Gasteiger partial charge in [0.15, 0.2) is 0 Å². The average molecular weight is 356 g/mol. The second kappa shape index (κ2) is 5.57. The molecule has 0 heterocycles. The maximum atomic E-state index is 2.32. The molecule has 0 radical (unpaired) electrons. The first-order valence-electron chi connectivity index (χ1n) is 6.24. The number of benzene rings is 3. The van der Waals surface area contributed by atoms with E-state index in [0.29, 0.717) is 0 Å². The Kier molecular flexibility index (Phi) is 3.65. The van der Waals surface area contributed by atoms with Crippen LogP contribution in [0, 0.1) is 3.57 Å². The van der Waals surface area contributed by atoms with Crippen LogP contribution >= 0.6 is 22.6 Å². The fourth-order valence-corrected chi connectivity index (χ4v) is 2.31. The zero-order valence-corrected chi connectivity index (χ0v) is 12.5. The molecule has 0 unspecified atom stereocenters. The molecule has 0 nitrogen and oxygen atoms in total. The molecule has 0 amide bonds. The van der Waals surface area contributed by atoms with Gasteiger partial charge in [0.05, 0.1) is 0 Å². The van der Waals surface area contributed by atoms with Crippen LogP contribution in [0.4, 0.5) is 0 Å². The van der Waals surface area contributed by atoms with Crippen molar-refractivity contribution in [3.63, 3.8) is 0 Å². The van der Waals surface area contributed by atoms with E-state index >= 15 is 0 Å². The Hall–Kier alpha value is -1.61. The van der Waals surface area contributed by atoms with Crippen LogP contribution in [0.25, 0.3) is 22.3 Å². The molecule has 2 aromatic rings. The van der Waals surface area contributed by atoms with E-state index in [9.17, 15) is 0 Å². The largest absolute Gasteiger partial charge is 0.0622 e. The van der Waals surface area contributed by atoms with Crippen LogP contribution in [0.2, 0.25) is 0 Å². The molecule has 0 spiro atoms. The first-order valence-corrected chi connectivity index (χ1v) is 7.32. The molecule has 0 aliphatic heterocycles. The standard InChI is InChI=1S/C12H9I.C6H4/c13-12-8-6-11(7-9-12)10-4-2-1-3-5-10;1-2-5-4-6(5)3-1/h1-9H;1-4H. The topological polar surface area (TPSA) is 0 Å². The molecule has 1 heteroatoms. The number of fused-ring (bicyclic) bond motifs is 1. The van der Waals surface area contributed by atoms with Gasteiger partial charge < -0.3 is 0 Å². The lowest BCUT2D eigenvalue weighted by molar-refractivity contribution is 1.59. The van der Waals surface area contributed by atoms with E-state index in [1.807, 2.05) is 6.07 Å². The minimum absolute atomic E-state index is 1.28. The zero-order valence-electron chi connectivity index (χ0n) is 10.4. The Bertz CT molecular complexity index is 652. The predicted octanol–water partition coefficient (Wildman–Crippen LogP) is 5.63. The Morgan fingerprint density at radius 2 is 1.00 bits per heavy atom. The van der Waals surface area contributed by atoms with Crippen molar-refractivity contribution in [1.82, 2.24) is 0 Å². The molecule has 0 saturated heterocycles. The summed E-state index contributed by atoms with van der Waals surface area (Å²) in [5.74, 6) is 0. The van der Waals surface area contributed by atoms with Gasteiger partial charge in [-0.25, -0.2) is 0 Å². The first kappa shape index (κ1) is 12.4. The van der Waals surface area contributed by atoms with Crippen molar-refractivity contribution in [2.24, 2.45) is 0 Å². The van der Waals surface area contributed by atoms with Gasteiger partial charge in [-0.2, -0.15) is 0 Å². The molecule has 4 rings (SSSR count). The van der Waals surface area contributed by atoms with Crippen molar-refractivity contribution < 1.29 is 0 Å². The number of rotatable bonds is 1. The summed E-state index contributed by atoms with van der Waals surface area (Å²) in [4.78, 5) is 0. The van der Waals surface area contributed by atoms with Crippen LogP contribution in [0.1, 0.15) is 0 Å². The monoisotopic (exact) mass is 356 g/mol. The minimum Gasteiger partial charge on any atom is -0.0622 e. The summed E-state index contributed by atoms with van der Waals surface area (Å²) in [6.07, 6.45) is 0. The van der Waals surface area contributed by atoms with E-state index < -0.39 is 0 Å². The third-order valence-corrected chi connectivity index (χ3v) is 3.78. The van der Waals surface area contributed by atoms with Gasteiger partial charge in [-0.3, -0.25) is 0 Å². The van der Waals surface area contributed by atoms with Crippen molar-refractivity contribution in [1.29, 1.82) is 0 Å². The molecule has 2 aromatic carbocycles. The number of halogens is 1. The normalized spacial score (nSPS) is 10.4. The smallest absolute Gasteiger partial charge is 0.0130 e.